The third-order valence-corrected chi connectivity index (χ3v) is 3.57. The second-order valence-electron chi connectivity index (χ2n) is 4.90. The van der Waals surface area contributed by atoms with Gasteiger partial charge in [0.1, 0.15) is 5.82 Å². The van der Waals surface area contributed by atoms with E-state index in [0.29, 0.717) is 16.9 Å². The number of rotatable bonds is 4. The van der Waals surface area contributed by atoms with Gasteiger partial charge in [0.05, 0.1) is 5.56 Å². The first-order chi connectivity index (χ1) is 11.6. The number of amides is 1. The van der Waals surface area contributed by atoms with Gasteiger partial charge in [0, 0.05) is 28.2 Å². The topological polar surface area (TPSA) is 66.9 Å². The summed E-state index contributed by atoms with van der Waals surface area (Å²) in [6, 6.07) is 13.2. The molecule has 0 aliphatic rings. The highest BCUT2D eigenvalue weighted by molar-refractivity contribution is 9.10. The minimum Gasteiger partial charge on any atom is -0.324 e. The molecular weight excluding hydrogens is 375 g/mol. The number of carbonyl (C=O) groups excluding carboxylic acids is 1. The van der Waals surface area contributed by atoms with Gasteiger partial charge in [-0.25, -0.2) is 14.4 Å². The van der Waals surface area contributed by atoms with E-state index in [9.17, 15) is 9.18 Å². The van der Waals surface area contributed by atoms with E-state index < -0.39 is 0 Å². The smallest absolute Gasteiger partial charge is 0.258 e. The molecule has 0 atom stereocenters. The molecule has 0 saturated heterocycles. The van der Waals surface area contributed by atoms with Gasteiger partial charge in [-0.05, 0) is 36.4 Å². The molecule has 0 saturated carbocycles. The van der Waals surface area contributed by atoms with Gasteiger partial charge >= 0.3 is 0 Å². The van der Waals surface area contributed by atoms with E-state index in [-0.39, 0.29) is 17.7 Å². The lowest BCUT2D eigenvalue weighted by molar-refractivity contribution is 0.102. The zero-order valence-corrected chi connectivity index (χ0v) is 13.9. The first kappa shape index (κ1) is 16.1. The molecule has 0 aliphatic carbocycles. The van der Waals surface area contributed by atoms with E-state index in [4.69, 9.17) is 0 Å². The molecule has 0 unspecified atom stereocenters. The van der Waals surface area contributed by atoms with Crippen molar-refractivity contribution in [2.24, 2.45) is 0 Å². The zero-order chi connectivity index (χ0) is 16.9. The lowest BCUT2D eigenvalue weighted by atomic mass is 10.3. The Morgan fingerprint density at radius 3 is 2.42 bits per heavy atom. The molecule has 1 aromatic heterocycles. The number of halogens is 2. The Kier molecular flexibility index (Phi) is 4.81. The molecule has 0 fully saturated rings. The second kappa shape index (κ2) is 7.18. The summed E-state index contributed by atoms with van der Waals surface area (Å²) in [7, 11) is 0. The molecule has 0 spiro atoms. The molecular formula is C17H12BrFN4O. The third-order valence-electron chi connectivity index (χ3n) is 3.08. The van der Waals surface area contributed by atoms with Gasteiger partial charge < -0.3 is 10.6 Å². The number of carbonyl (C=O) groups is 1. The molecule has 3 rings (SSSR count). The number of anilines is 3. The Hall–Kier alpha value is -2.80. The highest BCUT2D eigenvalue weighted by Gasteiger charge is 2.08. The number of nitrogens with zero attached hydrogens (tertiary/aromatic N) is 2. The average Bonchev–Trinajstić information content (AvgIpc) is 2.55. The predicted octanol–water partition coefficient (Wildman–Crippen LogP) is 4.37. The summed E-state index contributed by atoms with van der Waals surface area (Å²) < 4.78 is 14.0. The summed E-state index contributed by atoms with van der Waals surface area (Å²) in [6.45, 7) is 0. The Morgan fingerprint density at radius 2 is 1.71 bits per heavy atom. The molecule has 7 heteroatoms. The van der Waals surface area contributed by atoms with E-state index in [1.165, 1.54) is 24.5 Å². The van der Waals surface area contributed by atoms with Gasteiger partial charge in [-0.3, -0.25) is 4.79 Å². The third kappa shape index (κ3) is 4.14. The fourth-order valence-corrected chi connectivity index (χ4v) is 2.37. The van der Waals surface area contributed by atoms with Crippen molar-refractivity contribution in [3.05, 3.63) is 76.8 Å². The Bertz CT molecular complexity index is 870. The minimum atomic E-state index is -0.356. The van der Waals surface area contributed by atoms with Crippen LogP contribution in [0.25, 0.3) is 0 Å². The van der Waals surface area contributed by atoms with Gasteiger partial charge in [0.15, 0.2) is 0 Å². The van der Waals surface area contributed by atoms with Crippen LogP contribution in [0.15, 0.2) is 65.4 Å². The Morgan fingerprint density at radius 1 is 1.00 bits per heavy atom. The number of aromatic nitrogens is 2. The molecule has 0 bridgehead atoms. The molecule has 5 nitrogen and oxygen atoms in total. The fraction of sp³-hybridized carbons (Fsp3) is 0. The molecule has 1 amide bonds. The molecule has 120 valence electrons. The van der Waals surface area contributed by atoms with Gasteiger partial charge in [-0.1, -0.05) is 28.1 Å². The molecule has 3 aromatic rings. The highest BCUT2D eigenvalue weighted by Crippen LogP contribution is 2.17. The van der Waals surface area contributed by atoms with E-state index in [1.807, 2.05) is 12.1 Å². The molecule has 1 heterocycles. The number of nitrogens with one attached hydrogen (secondary N) is 2. The zero-order valence-electron chi connectivity index (χ0n) is 12.3. The van der Waals surface area contributed by atoms with Crippen molar-refractivity contribution in [3.8, 4) is 0 Å². The van der Waals surface area contributed by atoms with Crippen molar-refractivity contribution in [2.45, 2.75) is 0 Å². The van der Waals surface area contributed by atoms with Crippen molar-refractivity contribution < 1.29 is 9.18 Å². The van der Waals surface area contributed by atoms with Crippen molar-refractivity contribution in [1.82, 2.24) is 9.97 Å². The van der Waals surface area contributed by atoms with Crippen LogP contribution in [0.2, 0.25) is 0 Å². The maximum absolute atomic E-state index is 13.1. The molecule has 24 heavy (non-hydrogen) atoms. The second-order valence-corrected chi connectivity index (χ2v) is 5.81. The van der Waals surface area contributed by atoms with Crippen LogP contribution < -0.4 is 10.6 Å². The lowest BCUT2D eigenvalue weighted by Gasteiger charge is -2.07. The average molecular weight is 387 g/mol. The van der Waals surface area contributed by atoms with Gasteiger partial charge in [-0.15, -0.1) is 0 Å². The van der Waals surface area contributed by atoms with Crippen molar-refractivity contribution >= 4 is 39.2 Å². The largest absolute Gasteiger partial charge is 0.324 e. The van der Waals surface area contributed by atoms with Gasteiger partial charge in [-0.2, -0.15) is 0 Å². The number of hydrogen-bond acceptors (Lipinski definition) is 4. The summed E-state index contributed by atoms with van der Waals surface area (Å²) >= 11 is 3.34. The Balaban J connectivity index is 1.68. The Labute approximate surface area is 146 Å². The normalized spacial score (nSPS) is 10.2. The number of benzene rings is 2. The van der Waals surface area contributed by atoms with Crippen LogP contribution in [-0.4, -0.2) is 15.9 Å². The molecule has 2 aromatic carbocycles. The van der Waals surface area contributed by atoms with Crippen molar-refractivity contribution in [3.63, 3.8) is 0 Å². The van der Waals surface area contributed by atoms with Crippen LogP contribution in [0.5, 0.6) is 0 Å². The molecule has 0 radical (unpaired) electrons. The fourth-order valence-electron chi connectivity index (χ4n) is 1.97. The van der Waals surface area contributed by atoms with Crippen LogP contribution in [0.1, 0.15) is 10.4 Å². The monoisotopic (exact) mass is 386 g/mol. The predicted molar refractivity (Wildman–Crippen MR) is 93.8 cm³/mol. The molecule has 0 aliphatic heterocycles. The molecule has 2 N–H and O–H groups in total. The standard InChI is InChI=1S/C17H12BrFN4O/c18-12-3-1-5-14(7-12)22-16(24)11-9-20-17(21-10-11)23-15-6-2-4-13(19)8-15/h1-10H,(H,22,24)(H,20,21,23). The van der Waals surface area contributed by atoms with Gasteiger partial charge in [0.2, 0.25) is 5.95 Å². The maximum atomic E-state index is 13.1. The van der Waals surface area contributed by atoms with Gasteiger partial charge in [0.25, 0.3) is 5.91 Å². The maximum Gasteiger partial charge on any atom is 0.258 e. The first-order valence-electron chi connectivity index (χ1n) is 7.02. The summed E-state index contributed by atoms with van der Waals surface area (Å²) in [6.07, 6.45) is 2.81. The summed E-state index contributed by atoms with van der Waals surface area (Å²) in [5.74, 6) is -0.393. The minimum absolute atomic E-state index is 0.277. The van der Waals surface area contributed by atoms with Crippen LogP contribution in [0.4, 0.5) is 21.7 Å². The van der Waals surface area contributed by atoms with Crippen molar-refractivity contribution in [2.75, 3.05) is 10.6 Å². The summed E-state index contributed by atoms with van der Waals surface area (Å²) in [5, 5.41) is 5.62. The van der Waals surface area contributed by atoms with Crippen LogP contribution in [0, 0.1) is 5.82 Å². The first-order valence-corrected chi connectivity index (χ1v) is 7.81. The highest BCUT2D eigenvalue weighted by atomic mass is 79.9. The number of hydrogen-bond donors (Lipinski definition) is 2. The van der Waals surface area contributed by atoms with E-state index in [0.717, 1.165) is 4.47 Å². The van der Waals surface area contributed by atoms with E-state index >= 15 is 0 Å². The van der Waals surface area contributed by atoms with Crippen LogP contribution in [0.3, 0.4) is 0 Å². The van der Waals surface area contributed by atoms with Crippen molar-refractivity contribution in [1.29, 1.82) is 0 Å². The van der Waals surface area contributed by atoms with Crippen LogP contribution in [-0.2, 0) is 0 Å². The van der Waals surface area contributed by atoms with E-state index in [1.54, 1.807) is 24.3 Å². The SMILES string of the molecule is O=C(Nc1cccc(Br)c1)c1cnc(Nc2cccc(F)c2)nc1. The summed E-state index contributed by atoms with van der Waals surface area (Å²) in [4.78, 5) is 20.3. The lowest BCUT2D eigenvalue weighted by Crippen LogP contribution is -2.13. The van der Waals surface area contributed by atoms with Crippen LogP contribution >= 0.6 is 15.9 Å². The summed E-state index contributed by atoms with van der Waals surface area (Å²) in [5.41, 5.74) is 1.51. The quantitative estimate of drug-likeness (QED) is 0.698. The van der Waals surface area contributed by atoms with E-state index in [2.05, 4.69) is 36.5 Å².